The molecule has 0 aliphatic rings. The summed E-state index contributed by atoms with van der Waals surface area (Å²) in [5.74, 6) is 0. The Morgan fingerprint density at radius 1 is 1.53 bits per heavy atom. The molecule has 0 saturated heterocycles. The Labute approximate surface area is 104 Å². The van der Waals surface area contributed by atoms with Crippen molar-refractivity contribution in [1.82, 2.24) is 0 Å². The second kappa shape index (κ2) is 4.83. The molecule has 0 fully saturated rings. The lowest BCUT2D eigenvalue weighted by molar-refractivity contribution is 0.0555. The number of rotatable bonds is 3. The fourth-order valence-electron chi connectivity index (χ4n) is 1.25. The zero-order valence-electron chi connectivity index (χ0n) is 8.80. The number of hydrogen-bond donors (Lipinski definition) is 2. The van der Waals surface area contributed by atoms with Crippen LogP contribution in [-0.4, -0.2) is 11.7 Å². The van der Waals surface area contributed by atoms with Crippen LogP contribution in [0.25, 0.3) is 0 Å². The smallest absolute Gasteiger partial charge is 0.0853 e. The molecule has 3 N–H and O–H groups in total. The number of aliphatic hydroxyl groups excluding tert-OH is 1. The van der Waals surface area contributed by atoms with Crippen LogP contribution in [-0.2, 0) is 0 Å². The molecule has 0 amide bonds. The van der Waals surface area contributed by atoms with Crippen LogP contribution in [0, 0.1) is 5.41 Å². The molecular formula is C11H15BrClNO. The molecule has 0 bridgehead atoms. The van der Waals surface area contributed by atoms with Crippen molar-refractivity contribution < 1.29 is 5.11 Å². The molecule has 15 heavy (non-hydrogen) atoms. The number of halogens is 2. The van der Waals surface area contributed by atoms with Gasteiger partial charge in [-0.1, -0.05) is 31.5 Å². The number of aliphatic hydroxyl groups is 1. The van der Waals surface area contributed by atoms with Gasteiger partial charge in [0.2, 0.25) is 0 Å². The van der Waals surface area contributed by atoms with Gasteiger partial charge in [-0.25, -0.2) is 0 Å². The van der Waals surface area contributed by atoms with Crippen LogP contribution >= 0.6 is 27.5 Å². The van der Waals surface area contributed by atoms with Crippen molar-refractivity contribution in [3.8, 4) is 0 Å². The van der Waals surface area contributed by atoms with E-state index in [1.54, 1.807) is 6.07 Å². The SMILES string of the molecule is CC(C)(CN)C(O)c1ccc(Br)c(Cl)c1. The normalized spacial score (nSPS) is 14.0. The summed E-state index contributed by atoms with van der Waals surface area (Å²) in [5, 5.41) is 10.7. The Balaban J connectivity index is 3.02. The zero-order valence-corrected chi connectivity index (χ0v) is 11.1. The molecule has 0 radical (unpaired) electrons. The zero-order chi connectivity index (χ0) is 11.6. The standard InChI is InChI=1S/C11H15BrClNO/c1-11(2,6-14)10(15)7-3-4-8(12)9(13)5-7/h3-5,10,15H,6,14H2,1-2H3. The molecule has 4 heteroatoms. The first kappa shape index (κ1) is 13.0. The summed E-state index contributed by atoms with van der Waals surface area (Å²) in [4.78, 5) is 0. The van der Waals surface area contributed by atoms with E-state index in [2.05, 4.69) is 15.9 Å². The summed E-state index contributed by atoms with van der Waals surface area (Å²) >= 11 is 9.27. The first-order valence-corrected chi connectivity index (χ1v) is 5.88. The molecule has 2 nitrogen and oxygen atoms in total. The summed E-state index contributed by atoms with van der Waals surface area (Å²) in [6.07, 6.45) is -0.604. The lowest BCUT2D eigenvalue weighted by Crippen LogP contribution is -2.30. The van der Waals surface area contributed by atoms with E-state index in [0.29, 0.717) is 11.6 Å². The molecule has 0 heterocycles. The summed E-state index contributed by atoms with van der Waals surface area (Å²) in [5.41, 5.74) is 6.05. The summed E-state index contributed by atoms with van der Waals surface area (Å²) in [7, 11) is 0. The van der Waals surface area contributed by atoms with Crippen molar-refractivity contribution >= 4 is 27.5 Å². The van der Waals surface area contributed by atoms with E-state index < -0.39 is 6.10 Å². The predicted molar refractivity (Wildman–Crippen MR) is 66.9 cm³/mol. The van der Waals surface area contributed by atoms with Gasteiger partial charge in [-0.2, -0.15) is 0 Å². The van der Waals surface area contributed by atoms with Crippen molar-refractivity contribution in [1.29, 1.82) is 0 Å². The average Bonchev–Trinajstić information content (AvgIpc) is 2.21. The van der Waals surface area contributed by atoms with Crippen LogP contribution in [0.15, 0.2) is 22.7 Å². The molecule has 1 rings (SSSR count). The molecular weight excluding hydrogens is 277 g/mol. The van der Waals surface area contributed by atoms with Crippen LogP contribution in [0.1, 0.15) is 25.5 Å². The first-order chi connectivity index (χ1) is 6.88. The summed E-state index contributed by atoms with van der Waals surface area (Å²) in [6.45, 7) is 4.27. The molecule has 1 aromatic carbocycles. The lowest BCUT2D eigenvalue weighted by Gasteiger charge is -2.29. The van der Waals surface area contributed by atoms with Crippen molar-refractivity contribution in [3.05, 3.63) is 33.3 Å². The highest BCUT2D eigenvalue weighted by molar-refractivity contribution is 9.10. The molecule has 0 saturated carbocycles. The molecule has 0 aliphatic carbocycles. The fourth-order valence-corrected chi connectivity index (χ4v) is 1.68. The molecule has 1 unspecified atom stereocenters. The Hall–Kier alpha value is -0.0900. The summed E-state index contributed by atoms with van der Waals surface area (Å²) in [6, 6.07) is 5.43. The highest BCUT2D eigenvalue weighted by atomic mass is 79.9. The van der Waals surface area contributed by atoms with E-state index >= 15 is 0 Å². The van der Waals surface area contributed by atoms with Crippen molar-refractivity contribution in [2.24, 2.45) is 11.1 Å². The van der Waals surface area contributed by atoms with E-state index in [-0.39, 0.29) is 5.41 Å². The molecule has 84 valence electrons. The van der Waals surface area contributed by atoms with E-state index in [1.165, 1.54) is 0 Å². The minimum atomic E-state index is -0.604. The maximum Gasteiger partial charge on any atom is 0.0853 e. The van der Waals surface area contributed by atoms with Crippen molar-refractivity contribution in [3.63, 3.8) is 0 Å². The first-order valence-electron chi connectivity index (χ1n) is 4.71. The Morgan fingerprint density at radius 3 is 2.60 bits per heavy atom. The number of nitrogens with two attached hydrogens (primary N) is 1. The molecule has 1 aromatic rings. The van der Waals surface area contributed by atoms with Gasteiger partial charge in [-0.3, -0.25) is 0 Å². The minimum Gasteiger partial charge on any atom is -0.388 e. The average molecular weight is 293 g/mol. The van der Waals surface area contributed by atoms with E-state index in [9.17, 15) is 5.11 Å². The van der Waals surface area contributed by atoms with Gasteiger partial charge in [0, 0.05) is 16.4 Å². The monoisotopic (exact) mass is 291 g/mol. The van der Waals surface area contributed by atoms with Crippen LogP contribution in [0.3, 0.4) is 0 Å². The molecule has 0 aliphatic heterocycles. The van der Waals surface area contributed by atoms with E-state index in [4.69, 9.17) is 17.3 Å². The van der Waals surface area contributed by atoms with Crippen LogP contribution in [0.4, 0.5) is 0 Å². The van der Waals surface area contributed by atoms with E-state index in [0.717, 1.165) is 10.0 Å². The lowest BCUT2D eigenvalue weighted by atomic mass is 9.83. The van der Waals surface area contributed by atoms with Crippen LogP contribution in [0.5, 0.6) is 0 Å². The second-order valence-electron chi connectivity index (χ2n) is 4.27. The quantitative estimate of drug-likeness (QED) is 0.899. The van der Waals surface area contributed by atoms with Crippen molar-refractivity contribution in [2.45, 2.75) is 20.0 Å². The predicted octanol–water partition coefficient (Wildman–Crippen LogP) is 3.12. The third-order valence-corrected chi connectivity index (χ3v) is 3.76. The van der Waals surface area contributed by atoms with Gasteiger partial charge < -0.3 is 10.8 Å². The largest absolute Gasteiger partial charge is 0.388 e. The molecule has 1 atom stereocenters. The van der Waals surface area contributed by atoms with Gasteiger partial charge in [0.05, 0.1) is 11.1 Å². The van der Waals surface area contributed by atoms with Crippen molar-refractivity contribution in [2.75, 3.05) is 6.54 Å². The van der Waals surface area contributed by atoms with Gasteiger partial charge >= 0.3 is 0 Å². The van der Waals surface area contributed by atoms with Gasteiger partial charge in [-0.05, 0) is 33.6 Å². The van der Waals surface area contributed by atoms with Gasteiger partial charge in [0.15, 0.2) is 0 Å². The fraction of sp³-hybridized carbons (Fsp3) is 0.455. The molecule has 0 aromatic heterocycles. The minimum absolute atomic E-state index is 0.350. The maximum atomic E-state index is 10.1. The Bertz CT molecular complexity index is 354. The molecule has 0 spiro atoms. The van der Waals surface area contributed by atoms with Crippen LogP contribution < -0.4 is 5.73 Å². The topological polar surface area (TPSA) is 46.2 Å². The summed E-state index contributed by atoms with van der Waals surface area (Å²) < 4.78 is 0.825. The van der Waals surface area contributed by atoms with Gasteiger partial charge in [0.1, 0.15) is 0 Å². The third kappa shape index (κ3) is 2.94. The van der Waals surface area contributed by atoms with Gasteiger partial charge in [0.25, 0.3) is 0 Å². The number of hydrogen-bond acceptors (Lipinski definition) is 2. The Kier molecular flexibility index (Phi) is 4.18. The third-order valence-electron chi connectivity index (χ3n) is 2.53. The Morgan fingerprint density at radius 2 is 2.13 bits per heavy atom. The van der Waals surface area contributed by atoms with Crippen LogP contribution in [0.2, 0.25) is 5.02 Å². The number of benzene rings is 1. The van der Waals surface area contributed by atoms with Gasteiger partial charge in [-0.15, -0.1) is 0 Å². The highest BCUT2D eigenvalue weighted by Gasteiger charge is 2.27. The maximum absolute atomic E-state index is 10.1. The highest BCUT2D eigenvalue weighted by Crippen LogP contribution is 2.34. The van der Waals surface area contributed by atoms with E-state index in [1.807, 2.05) is 26.0 Å². The second-order valence-corrected chi connectivity index (χ2v) is 5.53.